The number of hydrazone groups is 1. The summed E-state index contributed by atoms with van der Waals surface area (Å²) in [5.74, 6) is 1.25. The number of nitrogens with zero attached hydrogens (tertiary/aromatic N) is 4. The number of amides is 1. The highest BCUT2D eigenvalue weighted by molar-refractivity contribution is 9.10. The number of hydrogen-bond donors (Lipinski definition) is 1. The summed E-state index contributed by atoms with van der Waals surface area (Å²) in [5.41, 5.74) is 5.12. The van der Waals surface area contributed by atoms with Crippen molar-refractivity contribution >= 4 is 51.4 Å². The number of carbonyl (C=O) groups is 1. The second-order valence-electron chi connectivity index (χ2n) is 6.96. The van der Waals surface area contributed by atoms with Crippen molar-refractivity contribution in [1.82, 2.24) is 20.2 Å². The maximum atomic E-state index is 12.4. The van der Waals surface area contributed by atoms with E-state index < -0.39 is 0 Å². The van der Waals surface area contributed by atoms with Crippen molar-refractivity contribution < 1.29 is 9.53 Å². The fourth-order valence-corrected chi connectivity index (χ4v) is 4.49. The van der Waals surface area contributed by atoms with Crippen LogP contribution in [0.1, 0.15) is 5.56 Å². The maximum absolute atomic E-state index is 12.4. The van der Waals surface area contributed by atoms with E-state index in [4.69, 9.17) is 16.3 Å². The van der Waals surface area contributed by atoms with Crippen molar-refractivity contribution in [2.45, 2.75) is 5.16 Å². The van der Waals surface area contributed by atoms with Gasteiger partial charge in [0, 0.05) is 16.3 Å². The van der Waals surface area contributed by atoms with Crippen LogP contribution < -0.4 is 10.2 Å². The Kier molecular flexibility index (Phi) is 7.99. The van der Waals surface area contributed by atoms with Gasteiger partial charge in [-0.2, -0.15) is 5.10 Å². The number of ether oxygens (including phenoxy) is 1. The van der Waals surface area contributed by atoms with E-state index in [9.17, 15) is 4.79 Å². The molecule has 0 aliphatic rings. The molecule has 7 nitrogen and oxygen atoms in total. The molecule has 0 saturated carbocycles. The molecule has 3 aromatic carbocycles. The summed E-state index contributed by atoms with van der Waals surface area (Å²) >= 11 is 10.8. The molecule has 0 spiro atoms. The average Bonchev–Trinajstić information content (AvgIpc) is 3.28. The van der Waals surface area contributed by atoms with E-state index in [1.807, 2.05) is 65.2 Å². The Balaban J connectivity index is 1.47. The number of rotatable bonds is 8. The molecule has 1 amide bonds. The molecule has 0 fully saturated rings. The van der Waals surface area contributed by atoms with Crippen molar-refractivity contribution in [3.63, 3.8) is 0 Å². The van der Waals surface area contributed by atoms with Gasteiger partial charge in [0.15, 0.2) is 11.0 Å². The standard InChI is InChI=1S/C24H19BrClN5O2S/c1-33-21-12-7-16(13-20(21)25)14-27-28-22(32)15-34-24-30-29-23(17-5-3-2-4-6-17)31(24)19-10-8-18(26)9-11-19/h2-14H,15H2,1H3,(H,28,32)/b27-14+. The summed E-state index contributed by atoms with van der Waals surface area (Å²) < 4.78 is 7.92. The first-order chi connectivity index (χ1) is 16.5. The zero-order chi connectivity index (χ0) is 23.9. The zero-order valence-corrected chi connectivity index (χ0v) is 21.1. The number of nitrogens with one attached hydrogen (secondary N) is 1. The molecule has 0 aliphatic heterocycles. The van der Waals surface area contributed by atoms with Gasteiger partial charge >= 0.3 is 0 Å². The Morgan fingerprint density at radius 2 is 1.91 bits per heavy atom. The lowest BCUT2D eigenvalue weighted by molar-refractivity contribution is -0.118. The number of benzene rings is 3. The third-order valence-electron chi connectivity index (χ3n) is 4.66. The fraction of sp³-hybridized carbons (Fsp3) is 0.0833. The Hall–Kier alpha value is -3.14. The predicted octanol–water partition coefficient (Wildman–Crippen LogP) is 5.60. The molecule has 0 saturated heterocycles. The molecule has 172 valence electrons. The molecule has 10 heteroatoms. The Labute approximate surface area is 214 Å². The summed E-state index contributed by atoms with van der Waals surface area (Å²) in [4.78, 5) is 12.4. The van der Waals surface area contributed by atoms with Crippen LogP contribution in [0.15, 0.2) is 87.5 Å². The van der Waals surface area contributed by atoms with E-state index >= 15 is 0 Å². The lowest BCUT2D eigenvalue weighted by atomic mass is 10.2. The van der Waals surface area contributed by atoms with Crippen LogP contribution in [0.3, 0.4) is 0 Å². The number of thioether (sulfide) groups is 1. The first-order valence-electron chi connectivity index (χ1n) is 10.1. The topological polar surface area (TPSA) is 81.4 Å². The number of halogens is 2. The van der Waals surface area contributed by atoms with Crippen LogP contribution >= 0.6 is 39.3 Å². The SMILES string of the molecule is COc1ccc(/C=N/NC(=O)CSc2nnc(-c3ccccc3)n2-c2ccc(Cl)cc2)cc1Br. The molecule has 0 atom stereocenters. The highest BCUT2D eigenvalue weighted by Crippen LogP contribution is 2.28. The smallest absolute Gasteiger partial charge is 0.250 e. The second kappa shape index (κ2) is 11.3. The van der Waals surface area contributed by atoms with Gasteiger partial charge in [0.05, 0.1) is 23.5 Å². The van der Waals surface area contributed by atoms with Crippen LogP contribution in [0, 0.1) is 0 Å². The van der Waals surface area contributed by atoms with E-state index in [0.29, 0.717) is 16.0 Å². The van der Waals surface area contributed by atoms with Crippen molar-refractivity contribution in [2.75, 3.05) is 12.9 Å². The van der Waals surface area contributed by atoms with E-state index in [1.165, 1.54) is 11.8 Å². The normalized spacial score (nSPS) is 11.0. The van der Waals surface area contributed by atoms with E-state index in [0.717, 1.165) is 27.0 Å². The molecule has 4 rings (SSSR count). The van der Waals surface area contributed by atoms with Crippen LogP contribution in [0.2, 0.25) is 5.02 Å². The lowest BCUT2D eigenvalue weighted by Crippen LogP contribution is -2.20. The van der Waals surface area contributed by atoms with Gasteiger partial charge in [-0.25, -0.2) is 5.43 Å². The lowest BCUT2D eigenvalue weighted by Gasteiger charge is -2.10. The third kappa shape index (κ3) is 5.85. The highest BCUT2D eigenvalue weighted by Gasteiger charge is 2.17. The molecule has 0 aliphatic carbocycles. The first kappa shape index (κ1) is 24.0. The van der Waals surface area contributed by atoms with E-state index in [-0.39, 0.29) is 11.7 Å². The van der Waals surface area contributed by atoms with Crippen molar-refractivity contribution in [3.05, 3.63) is 87.9 Å². The first-order valence-corrected chi connectivity index (χ1v) is 12.3. The van der Waals surface area contributed by atoms with Gasteiger partial charge < -0.3 is 4.74 Å². The molecule has 34 heavy (non-hydrogen) atoms. The molecule has 1 N–H and O–H groups in total. The second-order valence-corrected chi connectivity index (χ2v) is 9.19. The summed E-state index contributed by atoms with van der Waals surface area (Å²) in [7, 11) is 1.60. The molecule has 0 radical (unpaired) electrons. The summed E-state index contributed by atoms with van der Waals surface area (Å²) in [6.07, 6.45) is 1.57. The molecular weight excluding hydrogens is 538 g/mol. The Bertz CT molecular complexity index is 1310. The summed E-state index contributed by atoms with van der Waals surface area (Å²) in [6, 6.07) is 22.6. The molecular formula is C24H19BrClN5O2S. The van der Waals surface area contributed by atoms with Gasteiger partial charge in [0.2, 0.25) is 0 Å². The monoisotopic (exact) mass is 555 g/mol. The largest absolute Gasteiger partial charge is 0.496 e. The van der Waals surface area contributed by atoms with Gasteiger partial charge in [-0.05, 0) is 64.0 Å². The average molecular weight is 557 g/mol. The van der Waals surface area contributed by atoms with Gasteiger partial charge in [-0.3, -0.25) is 9.36 Å². The van der Waals surface area contributed by atoms with E-state index in [1.54, 1.807) is 25.5 Å². The highest BCUT2D eigenvalue weighted by atomic mass is 79.9. The zero-order valence-electron chi connectivity index (χ0n) is 18.0. The van der Waals surface area contributed by atoms with E-state index in [2.05, 4.69) is 36.7 Å². The molecule has 0 bridgehead atoms. The van der Waals surface area contributed by atoms with Crippen LogP contribution in [-0.2, 0) is 4.79 Å². The Morgan fingerprint density at radius 3 is 2.62 bits per heavy atom. The minimum Gasteiger partial charge on any atom is -0.496 e. The summed E-state index contributed by atoms with van der Waals surface area (Å²) in [5, 5.41) is 13.9. The maximum Gasteiger partial charge on any atom is 0.250 e. The van der Waals surface area contributed by atoms with Gasteiger partial charge in [0.1, 0.15) is 5.75 Å². The molecule has 0 unspecified atom stereocenters. The van der Waals surface area contributed by atoms with Crippen LogP contribution in [0.25, 0.3) is 17.1 Å². The molecule has 1 aromatic heterocycles. The number of carbonyl (C=O) groups excluding carboxylic acids is 1. The van der Waals surface area contributed by atoms with Crippen LogP contribution in [-0.4, -0.2) is 39.7 Å². The Morgan fingerprint density at radius 1 is 1.15 bits per heavy atom. The van der Waals surface area contributed by atoms with Gasteiger partial charge in [-0.15, -0.1) is 10.2 Å². The van der Waals surface area contributed by atoms with Gasteiger partial charge in [-0.1, -0.05) is 53.7 Å². The van der Waals surface area contributed by atoms with Crippen molar-refractivity contribution in [3.8, 4) is 22.8 Å². The minimum absolute atomic E-state index is 0.115. The van der Waals surface area contributed by atoms with Crippen molar-refractivity contribution in [2.24, 2.45) is 5.10 Å². The van der Waals surface area contributed by atoms with Crippen molar-refractivity contribution in [1.29, 1.82) is 0 Å². The predicted molar refractivity (Wildman–Crippen MR) is 139 cm³/mol. The van der Waals surface area contributed by atoms with Gasteiger partial charge in [0.25, 0.3) is 5.91 Å². The van der Waals surface area contributed by atoms with Crippen LogP contribution in [0.4, 0.5) is 0 Å². The quantitative estimate of drug-likeness (QED) is 0.174. The number of aromatic nitrogens is 3. The third-order valence-corrected chi connectivity index (χ3v) is 6.46. The molecule has 4 aromatic rings. The fourth-order valence-electron chi connectivity index (χ4n) is 3.06. The molecule has 1 heterocycles. The number of methoxy groups -OCH3 is 1. The number of hydrogen-bond acceptors (Lipinski definition) is 6. The minimum atomic E-state index is -0.263. The summed E-state index contributed by atoms with van der Waals surface area (Å²) in [6.45, 7) is 0. The van der Waals surface area contributed by atoms with Crippen LogP contribution in [0.5, 0.6) is 5.75 Å².